The van der Waals surface area contributed by atoms with Crippen LogP contribution in [0, 0.1) is 12.8 Å². The molecule has 5 N–H and O–H groups in total. The lowest BCUT2D eigenvalue weighted by atomic mass is 10.0. The predicted octanol–water partition coefficient (Wildman–Crippen LogP) is 0.464. The zero-order valence-corrected chi connectivity index (χ0v) is 28.1. The molecule has 0 unspecified atom stereocenters. The molecule has 1 aromatic rings. The summed E-state index contributed by atoms with van der Waals surface area (Å²) >= 11 is 0. The third kappa shape index (κ3) is 11.7. The van der Waals surface area contributed by atoms with Crippen molar-refractivity contribution in [2.24, 2.45) is 5.92 Å². The van der Waals surface area contributed by atoms with Crippen LogP contribution in [-0.2, 0) is 43.5 Å². The smallest absolute Gasteiger partial charge is 0.326 e. The van der Waals surface area contributed by atoms with Crippen molar-refractivity contribution in [3.05, 3.63) is 42.0 Å². The number of hydrogen-bond donors (Lipinski definition) is 5. The molecule has 1 saturated heterocycles. The first-order chi connectivity index (χ1) is 21.7. The average molecular weight is 698 g/mol. The Morgan fingerprint density at radius 1 is 1.00 bits per heavy atom. The minimum Gasteiger partial charge on any atom is -0.456 e. The monoisotopic (exact) mass is 697 g/mol. The van der Waals surface area contributed by atoms with Crippen LogP contribution in [0.2, 0.25) is 0 Å². The van der Waals surface area contributed by atoms with Gasteiger partial charge in [-0.3, -0.25) is 28.8 Å². The summed E-state index contributed by atoms with van der Waals surface area (Å²) in [5.74, 6) is -4.17. The van der Waals surface area contributed by atoms with E-state index in [1.54, 1.807) is 45.1 Å². The predicted molar refractivity (Wildman–Crippen MR) is 173 cm³/mol. The summed E-state index contributed by atoms with van der Waals surface area (Å²) in [7, 11) is -1.43. The molecule has 0 saturated carbocycles. The number of benzene rings is 1. The second-order valence-electron chi connectivity index (χ2n) is 11.1. The van der Waals surface area contributed by atoms with Crippen LogP contribution in [0.4, 0.5) is 0 Å². The van der Waals surface area contributed by atoms with E-state index >= 15 is 0 Å². The highest BCUT2D eigenvalue weighted by molar-refractivity contribution is 8.76. The highest BCUT2D eigenvalue weighted by Crippen LogP contribution is 2.24. The first-order valence-corrected chi connectivity index (χ1v) is 18.6. The van der Waals surface area contributed by atoms with Gasteiger partial charge in [-0.1, -0.05) is 59.2 Å². The summed E-state index contributed by atoms with van der Waals surface area (Å²) in [6.45, 7) is 4.69. The van der Waals surface area contributed by atoms with E-state index in [0.29, 0.717) is 12.2 Å². The molecule has 2 aliphatic rings. The van der Waals surface area contributed by atoms with Crippen LogP contribution in [0.25, 0.3) is 0 Å². The summed E-state index contributed by atoms with van der Waals surface area (Å²) in [6.07, 6.45) is 1.65. The summed E-state index contributed by atoms with van der Waals surface area (Å²) in [5.41, 5.74) is 0.827. The fraction of sp³-hybridized carbons (Fsp3) is 0.517. The number of ether oxygens (including phenoxy) is 1. The molecular formula is C29H39N5O9S3. The quantitative estimate of drug-likeness (QED) is 0.157. The molecule has 0 radical (unpaired) electrons. The number of sulfonamides is 1. The zero-order valence-electron chi connectivity index (χ0n) is 25.7. The average Bonchev–Trinajstić information content (AvgIpc) is 2.98. The maximum atomic E-state index is 13.5. The first-order valence-electron chi connectivity index (χ1n) is 14.7. The SMILES string of the molecule is Cc1ccc(S(=O)(=O)NC(=O)CC[C@H]2NC(=O)C[C@H]3/C=C/CCSSC[C@H](NC2=O)C(=O)N[C@H](C(C)C)C(=O)NCC(=O)O3)cc1. The molecule has 1 aromatic carbocycles. The van der Waals surface area contributed by atoms with Crippen molar-refractivity contribution in [3.63, 3.8) is 0 Å². The van der Waals surface area contributed by atoms with Crippen LogP contribution in [0.1, 0.15) is 45.1 Å². The highest BCUT2D eigenvalue weighted by atomic mass is 33.1. The minimum absolute atomic E-state index is 0.110. The number of aryl methyl sites for hydroxylation is 1. The van der Waals surface area contributed by atoms with Gasteiger partial charge >= 0.3 is 5.97 Å². The van der Waals surface area contributed by atoms with Crippen LogP contribution in [0.15, 0.2) is 41.3 Å². The number of carbonyl (C=O) groups is 6. The van der Waals surface area contributed by atoms with Gasteiger partial charge in [-0.2, -0.15) is 0 Å². The molecule has 2 heterocycles. The molecule has 0 spiro atoms. The van der Waals surface area contributed by atoms with Gasteiger partial charge in [-0.05, 0) is 43.9 Å². The zero-order chi connectivity index (χ0) is 33.9. The number of esters is 1. The van der Waals surface area contributed by atoms with E-state index in [4.69, 9.17) is 4.74 Å². The Morgan fingerprint density at radius 2 is 1.72 bits per heavy atom. The van der Waals surface area contributed by atoms with Crippen LogP contribution in [-0.4, -0.2) is 86.2 Å². The van der Waals surface area contributed by atoms with Gasteiger partial charge in [0.1, 0.15) is 30.8 Å². The van der Waals surface area contributed by atoms with Gasteiger partial charge in [-0.15, -0.1) is 0 Å². The minimum atomic E-state index is -4.19. The van der Waals surface area contributed by atoms with E-state index in [1.165, 1.54) is 33.7 Å². The first kappa shape index (κ1) is 36.9. The summed E-state index contributed by atoms with van der Waals surface area (Å²) in [4.78, 5) is 78.2. The molecule has 0 aromatic heterocycles. The molecule has 14 nitrogen and oxygen atoms in total. The van der Waals surface area contributed by atoms with Gasteiger partial charge in [0.05, 0.1) is 11.3 Å². The Morgan fingerprint density at radius 3 is 2.41 bits per heavy atom. The van der Waals surface area contributed by atoms with Gasteiger partial charge < -0.3 is 26.0 Å². The molecule has 1 fully saturated rings. The Balaban J connectivity index is 1.88. The third-order valence-electron chi connectivity index (χ3n) is 6.88. The normalized spacial score (nSPS) is 24.8. The van der Waals surface area contributed by atoms with Crippen LogP contribution in [0.5, 0.6) is 0 Å². The lowest BCUT2D eigenvalue weighted by Gasteiger charge is -2.27. The lowest BCUT2D eigenvalue weighted by Crippen LogP contribution is -2.59. The Hall–Kier alpha value is -3.57. The van der Waals surface area contributed by atoms with Crippen molar-refractivity contribution in [2.75, 3.05) is 18.1 Å². The Labute approximate surface area is 275 Å². The second kappa shape index (κ2) is 17.4. The number of hydrogen-bond acceptors (Lipinski definition) is 11. The molecule has 252 valence electrons. The molecule has 0 aliphatic carbocycles. The van der Waals surface area contributed by atoms with Crippen molar-refractivity contribution in [1.82, 2.24) is 26.0 Å². The van der Waals surface area contributed by atoms with E-state index in [9.17, 15) is 37.2 Å². The van der Waals surface area contributed by atoms with Crippen molar-refractivity contribution in [2.45, 2.75) is 75.6 Å². The van der Waals surface area contributed by atoms with Crippen LogP contribution < -0.4 is 26.0 Å². The molecule has 2 bridgehead atoms. The maximum absolute atomic E-state index is 13.5. The van der Waals surface area contributed by atoms with Crippen molar-refractivity contribution in [1.29, 1.82) is 0 Å². The number of amides is 5. The van der Waals surface area contributed by atoms with E-state index in [0.717, 1.165) is 5.56 Å². The second-order valence-corrected chi connectivity index (χ2v) is 15.4. The van der Waals surface area contributed by atoms with Gasteiger partial charge in [-0.25, -0.2) is 13.1 Å². The van der Waals surface area contributed by atoms with Gasteiger partial charge in [0, 0.05) is 17.9 Å². The van der Waals surface area contributed by atoms with E-state index in [2.05, 4.69) is 21.3 Å². The molecule has 2 aliphatic heterocycles. The van der Waals surface area contributed by atoms with E-state index < -0.39 is 82.7 Å². The maximum Gasteiger partial charge on any atom is 0.326 e. The molecule has 4 atom stereocenters. The van der Waals surface area contributed by atoms with Crippen molar-refractivity contribution >= 4 is 67.1 Å². The number of carbonyl (C=O) groups excluding carboxylic acids is 6. The fourth-order valence-electron chi connectivity index (χ4n) is 4.37. The van der Waals surface area contributed by atoms with E-state index in [-0.39, 0.29) is 29.4 Å². The van der Waals surface area contributed by atoms with Crippen LogP contribution in [0.3, 0.4) is 0 Å². The Kier molecular flexibility index (Phi) is 13.9. The lowest BCUT2D eigenvalue weighted by molar-refractivity contribution is -0.148. The molecule has 5 amide bonds. The molecule has 46 heavy (non-hydrogen) atoms. The number of fused-ring (bicyclic) bond motifs is 7. The topological polar surface area (TPSA) is 206 Å². The third-order valence-corrected chi connectivity index (χ3v) is 10.7. The largest absolute Gasteiger partial charge is 0.456 e. The molecule has 17 heteroatoms. The van der Waals surface area contributed by atoms with Crippen molar-refractivity contribution < 1.29 is 41.9 Å². The van der Waals surface area contributed by atoms with Crippen LogP contribution >= 0.6 is 21.6 Å². The van der Waals surface area contributed by atoms with Gasteiger partial charge in [0.15, 0.2) is 0 Å². The molecular weight excluding hydrogens is 659 g/mol. The van der Waals surface area contributed by atoms with Crippen molar-refractivity contribution in [3.8, 4) is 0 Å². The van der Waals surface area contributed by atoms with E-state index in [1.807, 2.05) is 4.72 Å². The summed E-state index contributed by atoms with van der Waals surface area (Å²) in [5, 5.41) is 10.3. The number of allylic oxidation sites excluding steroid dienone is 1. The number of rotatable bonds is 6. The van der Waals surface area contributed by atoms with Gasteiger partial charge in [0.25, 0.3) is 10.0 Å². The highest BCUT2D eigenvalue weighted by Gasteiger charge is 2.33. The van der Waals surface area contributed by atoms with Gasteiger partial charge in [0.2, 0.25) is 29.5 Å². The summed E-state index contributed by atoms with van der Waals surface area (Å²) < 4.78 is 32.8. The standard InChI is InChI=1S/C29H39N5O9S3/c1-17(2)26-29(40)30-15-25(37)43-19-6-4-5-13-44-45-16-22(28(39)33-26)32-27(38)21(31-24(36)14-19)11-12-23(35)34-46(41,42)20-9-7-18(3)8-10-20/h4,6-10,17,19,21-22,26H,5,11-16H2,1-3H3,(H,30,40)(H,31,36)(H,32,38)(H,33,39)(H,34,35)/b6-4+/t19-,21-,22+,26-/m1/s1. The number of nitrogens with one attached hydrogen (secondary N) is 5. The Bertz CT molecular complexity index is 1430. The fourth-order valence-corrected chi connectivity index (χ4v) is 7.54. The summed E-state index contributed by atoms with van der Waals surface area (Å²) in [6, 6.07) is 2.33. The molecule has 3 rings (SSSR count).